The van der Waals surface area contributed by atoms with Crippen molar-refractivity contribution in [2.24, 2.45) is 0 Å². The zero-order chi connectivity index (χ0) is 14.8. The second-order valence-electron chi connectivity index (χ2n) is 4.95. The molecule has 0 radical (unpaired) electrons. The number of piperazine rings is 1. The van der Waals surface area contributed by atoms with Crippen molar-refractivity contribution in [1.29, 1.82) is 0 Å². The van der Waals surface area contributed by atoms with Crippen molar-refractivity contribution in [3.05, 3.63) is 0 Å². The number of rotatable bonds is 8. The number of ether oxygens (including phenoxy) is 1. The summed E-state index contributed by atoms with van der Waals surface area (Å²) in [5.74, 6) is 0.0259. The van der Waals surface area contributed by atoms with E-state index in [0.29, 0.717) is 26.1 Å². The predicted octanol–water partition coefficient (Wildman–Crippen LogP) is -1.50. The molecule has 0 atom stereocenters. The highest BCUT2D eigenvalue weighted by molar-refractivity contribution is 5.80. The number of hydrogen-bond acceptors (Lipinski definition) is 5. The van der Waals surface area contributed by atoms with Crippen molar-refractivity contribution >= 4 is 11.8 Å². The summed E-state index contributed by atoms with van der Waals surface area (Å²) < 4.78 is 4.86. The van der Waals surface area contributed by atoms with Gasteiger partial charge in [0.1, 0.15) is 0 Å². The highest BCUT2D eigenvalue weighted by Gasteiger charge is 2.18. The molecule has 0 unspecified atom stereocenters. The Labute approximate surface area is 120 Å². The lowest BCUT2D eigenvalue weighted by Gasteiger charge is -2.32. The van der Waals surface area contributed by atoms with Gasteiger partial charge in [-0.05, 0) is 7.05 Å². The number of amides is 2. The fraction of sp³-hybridized carbons (Fsp3) is 0.846. The summed E-state index contributed by atoms with van der Waals surface area (Å²) in [6.07, 6.45) is 0.369. The van der Waals surface area contributed by atoms with Crippen LogP contribution in [0.15, 0.2) is 0 Å². The van der Waals surface area contributed by atoms with Crippen LogP contribution in [-0.2, 0) is 14.3 Å². The molecule has 1 saturated heterocycles. The molecule has 20 heavy (non-hydrogen) atoms. The molecule has 0 aromatic rings. The van der Waals surface area contributed by atoms with Crippen LogP contribution >= 0.6 is 0 Å². The van der Waals surface area contributed by atoms with Crippen LogP contribution in [0.25, 0.3) is 0 Å². The van der Waals surface area contributed by atoms with Crippen LogP contribution in [0.2, 0.25) is 0 Å². The monoisotopic (exact) mass is 286 g/mol. The number of methoxy groups -OCH3 is 1. The first-order chi connectivity index (χ1) is 9.63. The minimum Gasteiger partial charge on any atom is -0.383 e. The molecule has 7 nitrogen and oxygen atoms in total. The molecule has 0 aromatic heterocycles. The van der Waals surface area contributed by atoms with Gasteiger partial charge in [-0.15, -0.1) is 0 Å². The lowest BCUT2D eigenvalue weighted by atomic mass is 10.3. The Morgan fingerprint density at radius 1 is 1.15 bits per heavy atom. The molecule has 1 aliphatic rings. The second-order valence-corrected chi connectivity index (χ2v) is 4.95. The first-order valence-corrected chi connectivity index (χ1v) is 7.06. The number of likely N-dealkylation sites (N-methyl/N-ethyl adjacent to an activating group) is 1. The van der Waals surface area contributed by atoms with Gasteiger partial charge < -0.3 is 25.2 Å². The van der Waals surface area contributed by atoms with E-state index in [1.165, 1.54) is 0 Å². The molecule has 1 fully saturated rings. The zero-order valence-corrected chi connectivity index (χ0v) is 12.5. The Bertz CT molecular complexity index is 304. The average molecular weight is 286 g/mol. The van der Waals surface area contributed by atoms with Crippen LogP contribution in [0.5, 0.6) is 0 Å². The Kier molecular flexibility index (Phi) is 8.17. The molecule has 0 saturated carbocycles. The summed E-state index contributed by atoms with van der Waals surface area (Å²) in [5, 5.41) is 5.69. The quantitative estimate of drug-likeness (QED) is 0.532. The van der Waals surface area contributed by atoms with Gasteiger partial charge in [-0.25, -0.2) is 0 Å². The van der Waals surface area contributed by atoms with Crippen LogP contribution in [-0.4, -0.2) is 88.2 Å². The standard InChI is InChI=1S/C13H26N4O3/c1-16-6-8-17(9-7-16)13(19)3-4-15-12(18)11-14-5-10-20-2/h14H,3-11H2,1-2H3,(H,15,18). The van der Waals surface area contributed by atoms with Crippen molar-refractivity contribution in [2.75, 3.05) is 66.6 Å². The first-order valence-electron chi connectivity index (χ1n) is 7.06. The third-order valence-electron chi connectivity index (χ3n) is 3.29. The highest BCUT2D eigenvalue weighted by Crippen LogP contribution is 2.01. The topological polar surface area (TPSA) is 73.9 Å². The Balaban J connectivity index is 2.05. The maximum absolute atomic E-state index is 11.9. The largest absolute Gasteiger partial charge is 0.383 e. The van der Waals surface area contributed by atoms with Crippen LogP contribution in [0.3, 0.4) is 0 Å². The Hall–Kier alpha value is -1.18. The first kappa shape index (κ1) is 16.9. The van der Waals surface area contributed by atoms with Crippen LogP contribution < -0.4 is 10.6 Å². The second kappa shape index (κ2) is 9.68. The average Bonchev–Trinajstić information content (AvgIpc) is 2.44. The highest BCUT2D eigenvalue weighted by atomic mass is 16.5. The van der Waals surface area contributed by atoms with Crippen molar-refractivity contribution in [1.82, 2.24) is 20.4 Å². The lowest BCUT2D eigenvalue weighted by Crippen LogP contribution is -2.47. The molecule has 0 bridgehead atoms. The fourth-order valence-corrected chi connectivity index (χ4v) is 1.96. The number of nitrogens with one attached hydrogen (secondary N) is 2. The summed E-state index contributed by atoms with van der Waals surface area (Å²) in [6, 6.07) is 0. The van der Waals surface area contributed by atoms with Gasteiger partial charge in [-0.2, -0.15) is 0 Å². The molecule has 7 heteroatoms. The predicted molar refractivity (Wildman–Crippen MR) is 76.4 cm³/mol. The third-order valence-corrected chi connectivity index (χ3v) is 3.29. The van der Waals surface area contributed by atoms with Gasteiger partial charge in [-0.3, -0.25) is 9.59 Å². The van der Waals surface area contributed by atoms with E-state index in [-0.39, 0.29) is 18.4 Å². The van der Waals surface area contributed by atoms with Gasteiger partial charge in [0.2, 0.25) is 11.8 Å². The van der Waals surface area contributed by atoms with E-state index < -0.39 is 0 Å². The molecule has 1 heterocycles. The fourth-order valence-electron chi connectivity index (χ4n) is 1.96. The minimum atomic E-state index is -0.0905. The molecular weight excluding hydrogens is 260 g/mol. The van der Waals surface area contributed by atoms with Gasteiger partial charge >= 0.3 is 0 Å². The summed E-state index contributed by atoms with van der Waals surface area (Å²) in [6.45, 7) is 5.27. The molecule has 0 aromatic carbocycles. The van der Waals surface area contributed by atoms with E-state index >= 15 is 0 Å². The van der Waals surface area contributed by atoms with Gasteiger partial charge in [-0.1, -0.05) is 0 Å². The van der Waals surface area contributed by atoms with E-state index in [2.05, 4.69) is 22.6 Å². The van der Waals surface area contributed by atoms with Crippen molar-refractivity contribution in [3.8, 4) is 0 Å². The van der Waals surface area contributed by atoms with E-state index in [4.69, 9.17) is 4.74 Å². The maximum atomic E-state index is 11.9. The molecule has 1 rings (SSSR count). The van der Waals surface area contributed by atoms with E-state index in [9.17, 15) is 9.59 Å². The normalized spacial score (nSPS) is 16.2. The minimum absolute atomic E-state index is 0.0905. The molecule has 2 amide bonds. The summed E-state index contributed by atoms with van der Waals surface area (Å²) >= 11 is 0. The zero-order valence-electron chi connectivity index (χ0n) is 12.5. The molecular formula is C13H26N4O3. The summed E-state index contributed by atoms with van der Waals surface area (Å²) in [7, 11) is 3.67. The molecule has 2 N–H and O–H groups in total. The van der Waals surface area contributed by atoms with Crippen molar-refractivity contribution < 1.29 is 14.3 Å². The van der Waals surface area contributed by atoms with Crippen LogP contribution in [0.4, 0.5) is 0 Å². The van der Waals surface area contributed by atoms with E-state index in [1.54, 1.807) is 7.11 Å². The SMILES string of the molecule is COCCNCC(=O)NCCC(=O)N1CCN(C)CC1. The van der Waals surface area contributed by atoms with Gasteiger partial charge in [0.25, 0.3) is 0 Å². The van der Waals surface area contributed by atoms with Crippen LogP contribution in [0.1, 0.15) is 6.42 Å². The third kappa shape index (κ3) is 6.83. The molecule has 0 aliphatic carbocycles. The van der Waals surface area contributed by atoms with Gasteiger partial charge in [0, 0.05) is 52.8 Å². The maximum Gasteiger partial charge on any atom is 0.233 e. The van der Waals surface area contributed by atoms with Crippen LogP contribution in [0, 0.1) is 0 Å². The molecule has 1 aliphatic heterocycles. The lowest BCUT2D eigenvalue weighted by molar-refractivity contribution is -0.132. The van der Waals surface area contributed by atoms with E-state index in [1.807, 2.05) is 4.90 Å². The summed E-state index contributed by atoms with van der Waals surface area (Å²) in [5.41, 5.74) is 0. The van der Waals surface area contributed by atoms with Gasteiger partial charge in [0.05, 0.1) is 13.2 Å². The molecule has 0 spiro atoms. The number of hydrogen-bond donors (Lipinski definition) is 2. The van der Waals surface area contributed by atoms with Gasteiger partial charge in [0.15, 0.2) is 0 Å². The number of carbonyl (C=O) groups is 2. The number of nitrogens with zero attached hydrogens (tertiary/aromatic N) is 2. The smallest absolute Gasteiger partial charge is 0.233 e. The van der Waals surface area contributed by atoms with Crippen molar-refractivity contribution in [3.63, 3.8) is 0 Å². The Morgan fingerprint density at radius 3 is 2.50 bits per heavy atom. The Morgan fingerprint density at radius 2 is 1.85 bits per heavy atom. The van der Waals surface area contributed by atoms with Crippen molar-refractivity contribution in [2.45, 2.75) is 6.42 Å². The van der Waals surface area contributed by atoms with E-state index in [0.717, 1.165) is 26.2 Å². The summed E-state index contributed by atoms with van der Waals surface area (Å²) in [4.78, 5) is 27.4. The molecule has 116 valence electrons. The number of carbonyl (C=O) groups excluding carboxylic acids is 2.